The van der Waals surface area contributed by atoms with Gasteiger partial charge in [0.2, 0.25) is 0 Å². The summed E-state index contributed by atoms with van der Waals surface area (Å²) in [5.41, 5.74) is 5.23. The molecule has 0 N–H and O–H groups in total. The van der Waals surface area contributed by atoms with Crippen molar-refractivity contribution in [3.63, 3.8) is 0 Å². The van der Waals surface area contributed by atoms with Crippen LogP contribution in [0.5, 0.6) is 0 Å². The van der Waals surface area contributed by atoms with Crippen molar-refractivity contribution in [1.82, 2.24) is 15.0 Å². The van der Waals surface area contributed by atoms with Gasteiger partial charge in [0, 0.05) is 16.7 Å². The Bertz CT molecular complexity index is 2590. The smallest absolute Gasteiger partial charge is 0.164 e. The van der Waals surface area contributed by atoms with Gasteiger partial charge in [0.25, 0.3) is 0 Å². The Balaban J connectivity index is 1.23. The monoisotopic (exact) mass is 585 g/mol. The summed E-state index contributed by atoms with van der Waals surface area (Å²) >= 11 is 0. The molecule has 0 saturated heterocycles. The highest BCUT2D eigenvalue weighted by Crippen LogP contribution is 2.34. The van der Waals surface area contributed by atoms with E-state index in [4.69, 9.17) is 15.0 Å². The number of fused-ring (bicyclic) bond motifs is 4. The Morgan fingerprint density at radius 1 is 0.261 bits per heavy atom. The summed E-state index contributed by atoms with van der Waals surface area (Å²) in [5, 5.41) is 9.51. The maximum absolute atomic E-state index is 5.14. The van der Waals surface area contributed by atoms with Crippen LogP contribution in [0.4, 0.5) is 0 Å². The number of hydrogen-bond donors (Lipinski definition) is 0. The fourth-order valence-electron chi connectivity index (χ4n) is 6.44. The first-order chi connectivity index (χ1) is 22.7. The standard InChI is InChI=1S/C43H27N3/c1-2-10-30(11-3-1)41-44-42(37-22-21-35-24-32-13-6-7-14-33(32)25-38(35)26-37)46-43(45-41)39-16-8-15-29-18-20-36(27-40(29)39)34-19-17-28-9-4-5-12-31(28)23-34/h1-27H. The van der Waals surface area contributed by atoms with Gasteiger partial charge in [-0.1, -0.05) is 133 Å². The van der Waals surface area contributed by atoms with E-state index in [9.17, 15) is 0 Å². The second-order valence-corrected chi connectivity index (χ2v) is 11.7. The van der Waals surface area contributed by atoms with Gasteiger partial charge >= 0.3 is 0 Å². The molecule has 1 heterocycles. The Hall–Kier alpha value is -6.19. The SMILES string of the molecule is c1ccc(-c2nc(-c3ccc4cc5ccccc5cc4c3)nc(-c3cccc4ccc(-c5ccc6ccccc6c5)cc34)n2)cc1. The lowest BCUT2D eigenvalue weighted by Crippen LogP contribution is -2.00. The molecule has 46 heavy (non-hydrogen) atoms. The van der Waals surface area contributed by atoms with Gasteiger partial charge in [-0.05, 0) is 84.5 Å². The maximum atomic E-state index is 5.14. The highest BCUT2D eigenvalue weighted by Gasteiger charge is 2.15. The molecule has 0 amide bonds. The van der Waals surface area contributed by atoms with E-state index in [1.165, 1.54) is 32.5 Å². The minimum atomic E-state index is 0.654. The molecule has 1 aromatic heterocycles. The predicted molar refractivity (Wildman–Crippen MR) is 192 cm³/mol. The number of rotatable bonds is 4. The molecule has 0 aliphatic heterocycles. The van der Waals surface area contributed by atoms with E-state index in [0.29, 0.717) is 17.5 Å². The molecule has 9 rings (SSSR count). The molecule has 3 heteroatoms. The van der Waals surface area contributed by atoms with E-state index >= 15 is 0 Å². The molecule has 0 atom stereocenters. The summed E-state index contributed by atoms with van der Waals surface area (Å²) in [4.78, 5) is 15.2. The van der Waals surface area contributed by atoms with Gasteiger partial charge in [0.15, 0.2) is 17.5 Å². The van der Waals surface area contributed by atoms with Crippen LogP contribution < -0.4 is 0 Å². The van der Waals surface area contributed by atoms with E-state index in [0.717, 1.165) is 38.4 Å². The highest BCUT2D eigenvalue weighted by atomic mass is 15.0. The van der Waals surface area contributed by atoms with E-state index in [1.54, 1.807) is 0 Å². The van der Waals surface area contributed by atoms with Gasteiger partial charge in [-0.3, -0.25) is 0 Å². The molecule has 214 valence electrons. The van der Waals surface area contributed by atoms with Crippen LogP contribution in [0.15, 0.2) is 164 Å². The Kier molecular flexibility index (Phi) is 6.14. The molecule has 0 spiro atoms. The lowest BCUT2D eigenvalue weighted by molar-refractivity contribution is 1.08. The normalized spacial score (nSPS) is 11.5. The van der Waals surface area contributed by atoms with Crippen LogP contribution in [0.2, 0.25) is 0 Å². The van der Waals surface area contributed by atoms with Gasteiger partial charge in [-0.15, -0.1) is 0 Å². The first-order valence-electron chi connectivity index (χ1n) is 15.5. The fourth-order valence-corrected chi connectivity index (χ4v) is 6.44. The van der Waals surface area contributed by atoms with Gasteiger partial charge in [-0.25, -0.2) is 15.0 Å². The van der Waals surface area contributed by atoms with Crippen molar-refractivity contribution in [2.24, 2.45) is 0 Å². The number of benzene rings is 8. The Labute approximate surface area is 266 Å². The molecule has 0 aliphatic rings. The van der Waals surface area contributed by atoms with Gasteiger partial charge in [-0.2, -0.15) is 0 Å². The molecule has 0 saturated carbocycles. The van der Waals surface area contributed by atoms with E-state index < -0.39 is 0 Å². The van der Waals surface area contributed by atoms with Crippen molar-refractivity contribution >= 4 is 43.1 Å². The van der Waals surface area contributed by atoms with Crippen molar-refractivity contribution in [3.8, 4) is 45.3 Å². The topological polar surface area (TPSA) is 38.7 Å². The van der Waals surface area contributed by atoms with Gasteiger partial charge < -0.3 is 0 Å². The van der Waals surface area contributed by atoms with E-state index in [2.05, 4.69) is 146 Å². The van der Waals surface area contributed by atoms with Crippen LogP contribution in [-0.4, -0.2) is 15.0 Å². The average Bonchev–Trinajstić information content (AvgIpc) is 3.13. The summed E-state index contributed by atoms with van der Waals surface area (Å²) in [6.45, 7) is 0. The lowest BCUT2D eigenvalue weighted by Gasteiger charge is -2.12. The first-order valence-corrected chi connectivity index (χ1v) is 15.5. The molecule has 3 nitrogen and oxygen atoms in total. The molecule has 0 fully saturated rings. The Morgan fingerprint density at radius 3 is 1.54 bits per heavy atom. The van der Waals surface area contributed by atoms with Crippen molar-refractivity contribution in [2.75, 3.05) is 0 Å². The molecule has 0 radical (unpaired) electrons. The third-order valence-corrected chi connectivity index (χ3v) is 8.84. The summed E-state index contributed by atoms with van der Waals surface area (Å²) in [6, 6.07) is 57.7. The molecule has 0 aliphatic carbocycles. The summed E-state index contributed by atoms with van der Waals surface area (Å²) in [5.74, 6) is 1.97. The molecule has 0 bridgehead atoms. The number of hydrogen-bond acceptors (Lipinski definition) is 3. The highest BCUT2D eigenvalue weighted by molar-refractivity contribution is 6.01. The number of aromatic nitrogens is 3. The first kappa shape index (κ1) is 26.2. The quantitative estimate of drug-likeness (QED) is 0.193. The molecule has 9 aromatic rings. The largest absolute Gasteiger partial charge is 0.208 e. The Morgan fingerprint density at radius 2 is 0.761 bits per heavy atom. The number of nitrogens with zero attached hydrogens (tertiary/aromatic N) is 3. The molecule has 0 unspecified atom stereocenters. The van der Waals surface area contributed by atoms with Crippen LogP contribution in [0, 0.1) is 0 Å². The van der Waals surface area contributed by atoms with Crippen LogP contribution >= 0.6 is 0 Å². The second-order valence-electron chi connectivity index (χ2n) is 11.7. The zero-order chi connectivity index (χ0) is 30.5. The van der Waals surface area contributed by atoms with Gasteiger partial charge in [0.05, 0.1) is 0 Å². The minimum Gasteiger partial charge on any atom is -0.208 e. The molecular weight excluding hydrogens is 558 g/mol. The van der Waals surface area contributed by atoms with Crippen LogP contribution in [-0.2, 0) is 0 Å². The van der Waals surface area contributed by atoms with Crippen LogP contribution in [0.1, 0.15) is 0 Å². The van der Waals surface area contributed by atoms with Crippen molar-refractivity contribution in [2.45, 2.75) is 0 Å². The predicted octanol–water partition coefficient (Wildman–Crippen LogP) is 11.2. The maximum Gasteiger partial charge on any atom is 0.164 e. The third kappa shape index (κ3) is 4.66. The summed E-state index contributed by atoms with van der Waals surface area (Å²) in [6.07, 6.45) is 0. The van der Waals surface area contributed by atoms with Crippen molar-refractivity contribution in [3.05, 3.63) is 164 Å². The molecule has 8 aromatic carbocycles. The lowest BCUT2D eigenvalue weighted by atomic mass is 9.96. The minimum absolute atomic E-state index is 0.654. The van der Waals surface area contributed by atoms with E-state index in [-0.39, 0.29) is 0 Å². The van der Waals surface area contributed by atoms with Crippen LogP contribution in [0.3, 0.4) is 0 Å². The average molecular weight is 586 g/mol. The van der Waals surface area contributed by atoms with E-state index in [1.807, 2.05) is 18.2 Å². The van der Waals surface area contributed by atoms with Crippen LogP contribution in [0.25, 0.3) is 88.4 Å². The van der Waals surface area contributed by atoms with Gasteiger partial charge in [0.1, 0.15) is 0 Å². The zero-order valence-electron chi connectivity index (χ0n) is 24.9. The van der Waals surface area contributed by atoms with Crippen molar-refractivity contribution < 1.29 is 0 Å². The molecular formula is C43H27N3. The fraction of sp³-hybridized carbons (Fsp3) is 0. The zero-order valence-corrected chi connectivity index (χ0v) is 24.9. The third-order valence-electron chi connectivity index (χ3n) is 8.84. The summed E-state index contributed by atoms with van der Waals surface area (Å²) in [7, 11) is 0. The van der Waals surface area contributed by atoms with Crippen molar-refractivity contribution in [1.29, 1.82) is 0 Å². The second kappa shape index (κ2) is 10.8. The summed E-state index contributed by atoms with van der Waals surface area (Å²) < 4.78 is 0.